The third-order valence-electron chi connectivity index (χ3n) is 5.55. The van der Waals surface area contributed by atoms with Crippen molar-refractivity contribution in [3.8, 4) is 0 Å². The van der Waals surface area contributed by atoms with Crippen molar-refractivity contribution in [1.82, 2.24) is 25.1 Å². The lowest BCUT2D eigenvalue weighted by atomic mass is 10.1. The highest BCUT2D eigenvalue weighted by Gasteiger charge is 2.24. The average Bonchev–Trinajstić information content (AvgIpc) is 2.89. The van der Waals surface area contributed by atoms with Gasteiger partial charge in [0.25, 0.3) is 11.8 Å². The van der Waals surface area contributed by atoms with E-state index in [0.29, 0.717) is 49.7 Å². The van der Waals surface area contributed by atoms with Crippen molar-refractivity contribution in [1.29, 1.82) is 0 Å². The van der Waals surface area contributed by atoms with Gasteiger partial charge in [0.1, 0.15) is 5.69 Å². The Balaban J connectivity index is 1.28. The fourth-order valence-corrected chi connectivity index (χ4v) is 3.74. The summed E-state index contributed by atoms with van der Waals surface area (Å²) in [5, 5.41) is 5.75. The van der Waals surface area contributed by atoms with E-state index in [4.69, 9.17) is 0 Å². The molecule has 0 aliphatic carbocycles. The minimum atomic E-state index is -0.254. The van der Waals surface area contributed by atoms with E-state index in [1.165, 1.54) is 18.6 Å². The number of aromatic nitrogens is 2. The van der Waals surface area contributed by atoms with Gasteiger partial charge in [-0.3, -0.25) is 24.3 Å². The molecule has 0 spiro atoms. The molecule has 1 aromatic heterocycles. The Hall–Kier alpha value is -4.11. The summed E-state index contributed by atoms with van der Waals surface area (Å²) >= 11 is 0. The molecule has 1 aliphatic rings. The van der Waals surface area contributed by atoms with E-state index in [9.17, 15) is 14.4 Å². The topological polar surface area (TPSA) is 108 Å². The number of carbonyl (C=O) groups is 3. The van der Waals surface area contributed by atoms with Crippen molar-refractivity contribution in [2.75, 3.05) is 38.0 Å². The van der Waals surface area contributed by atoms with Gasteiger partial charge in [0.2, 0.25) is 5.91 Å². The minimum Gasteiger partial charge on any atom is -0.348 e. The smallest absolute Gasteiger partial charge is 0.274 e. The van der Waals surface area contributed by atoms with Gasteiger partial charge in [-0.15, -0.1) is 0 Å². The molecule has 4 rings (SSSR count). The second-order valence-electron chi connectivity index (χ2n) is 7.92. The third-order valence-corrected chi connectivity index (χ3v) is 5.55. The van der Waals surface area contributed by atoms with Crippen LogP contribution in [-0.4, -0.2) is 70.2 Å². The van der Waals surface area contributed by atoms with E-state index in [-0.39, 0.29) is 24.3 Å². The predicted molar refractivity (Wildman–Crippen MR) is 127 cm³/mol. The summed E-state index contributed by atoms with van der Waals surface area (Å²) in [5.41, 5.74) is 2.19. The zero-order chi connectivity index (χ0) is 23.8. The normalized spacial score (nSPS) is 13.8. The second kappa shape index (κ2) is 11.2. The Bertz CT molecular complexity index is 1130. The monoisotopic (exact) mass is 458 g/mol. The SMILES string of the molecule is O=C(CN1CCN(C(=O)c2cnccn2)CC1)Nc1ccccc1C(=O)NCc1ccccc1. The van der Waals surface area contributed by atoms with Crippen LogP contribution in [0.15, 0.2) is 73.2 Å². The largest absolute Gasteiger partial charge is 0.348 e. The third kappa shape index (κ3) is 6.02. The number of hydrogen-bond donors (Lipinski definition) is 2. The summed E-state index contributed by atoms with van der Waals surface area (Å²) in [6.07, 6.45) is 4.47. The Labute approximate surface area is 197 Å². The van der Waals surface area contributed by atoms with E-state index in [1.807, 2.05) is 35.2 Å². The Kier molecular flexibility index (Phi) is 7.56. The number of benzene rings is 2. The molecule has 3 amide bonds. The summed E-state index contributed by atoms with van der Waals surface area (Å²) < 4.78 is 0. The molecule has 3 aromatic rings. The molecule has 0 unspecified atom stereocenters. The standard InChI is InChI=1S/C25H26N6O3/c32-23(18-30-12-14-31(15-13-30)25(34)22-17-26-10-11-27-22)29-21-9-5-4-8-20(21)24(33)28-16-19-6-2-1-3-7-19/h1-11,17H,12-16,18H2,(H,28,33)(H,29,32). The molecule has 2 heterocycles. The number of carbonyl (C=O) groups excluding carboxylic acids is 3. The molecular formula is C25H26N6O3. The van der Waals surface area contributed by atoms with E-state index >= 15 is 0 Å². The van der Waals surface area contributed by atoms with Gasteiger partial charge in [0.15, 0.2) is 0 Å². The summed E-state index contributed by atoms with van der Waals surface area (Å²) in [5.74, 6) is -0.624. The van der Waals surface area contributed by atoms with Crippen LogP contribution in [-0.2, 0) is 11.3 Å². The summed E-state index contributed by atoms with van der Waals surface area (Å²) in [7, 11) is 0. The molecule has 0 radical (unpaired) electrons. The van der Waals surface area contributed by atoms with Crippen LogP contribution in [0.3, 0.4) is 0 Å². The van der Waals surface area contributed by atoms with Crippen LogP contribution >= 0.6 is 0 Å². The fraction of sp³-hybridized carbons (Fsp3) is 0.240. The summed E-state index contributed by atoms with van der Waals surface area (Å²) in [6.45, 7) is 2.71. The molecule has 0 saturated carbocycles. The number of hydrogen-bond acceptors (Lipinski definition) is 6. The summed E-state index contributed by atoms with van der Waals surface area (Å²) in [4.78, 5) is 49.6. The van der Waals surface area contributed by atoms with Crippen LogP contribution in [0.5, 0.6) is 0 Å². The van der Waals surface area contributed by atoms with Crippen molar-refractivity contribution >= 4 is 23.4 Å². The molecule has 9 heteroatoms. The summed E-state index contributed by atoms with van der Waals surface area (Å²) in [6, 6.07) is 16.6. The van der Waals surface area contributed by atoms with Gasteiger partial charge in [-0.1, -0.05) is 42.5 Å². The first kappa shape index (κ1) is 23.1. The zero-order valence-electron chi connectivity index (χ0n) is 18.7. The molecule has 174 valence electrons. The molecule has 9 nitrogen and oxygen atoms in total. The maximum atomic E-state index is 12.7. The van der Waals surface area contributed by atoms with Gasteiger partial charge in [0, 0.05) is 45.1 Å². The zero-order valence-corrected chi connectivity index (χ0v) is 18.7. The Morgan fingerprint density at radius 3 is 2.35 bits per heavy atom. The molecule has 1 aliphatic heterocycles. The lowest BCUT2D eigenvalue weighted by Gasteiger charge is -2.34. The Morgan fingerprint density at radius 1 is 0.882 bits per heavy atom. The van der Waals surface area contributed by atoms with Crippen molar-refractivity contribution in [2.24, 2.45) is 0 Å². The van der Waals surface area contributed by atoms with Crippen molar-refractivity contribution in [3.05, 3.63) is 90.0 Å². The molecule has 0 atom stereocenters. The molecular weight excluding hydrogens is 432 g/mol. The van der Waals surface area contributed by atoms with E-state index in [2.05, 4.69) is 20.6 Å². The number of nitrogens with zero attached hydrogens (tertiary/aromatic N) is 4. The first-order valence-corrected chi connectivity index (χ1v) is 11.1. The van der Waals surface area contributed by atoms with Crippen molar-refractivity contribution in [2.45, 2.75) is 6.54 Å². The first-order valence-electron chi connectivity index (χ1n) is 11.1. The van der Waals surface area contributed by atoms with E-state index in [0.717, 1.165) is 5.56 Å². The van der Waals surface area contributed by atoms with Gasteiger partial charge in [-0.2, -0.15) is 0 Å². The van der Waals surface area contributed by atoms with Crippen LogP contribution in [0.2, 0.25) is 0 Å². The van der Waals surface area contributed by atoms with Crippen LogP contribution in [0.1, 0.15) is 26.4 Å². The average molecular weight is 459 g/mol. The number of nitrogens with one attached hydrogen (secondary N) is 2. The fourth-order valence-electron chi connectivity index (χ4n) is 3.74. The highest BCUT2D eigenvalue weighted by atomic mass is 16.2. The van der Waals surface area contributed by atoms with Crippen LogP contribution in [0, 0.1) is 0 Å². The van der Waals surface area contributed by atoms with Crippen LogP contribution in [0.4, 0.5) is 5.69 Å². The number of rotatable bonds is 7. The highest BCUT2D eigenvalue weighted by Crippen LogP contribution is 2.16. The van der Waals surface area contributed by atoms with Gasteiger partial charge >= 0.3 is 0 Å². The van der Waals surface area contributed by atoms with Gasteiger partial charge in [0.05, 0.1) is 24.0 Å². The molecule has 1 saturated heterocycles. The van der Waals surface area contributed by atoms with Crippen molar-refractivity contribution in [3.63, 3.8) is 0 Å². The predicted octanol–water partition coefficient (Wildman–Crippen LogP) is 1.80. The van der Waals surface area contributed by atoms with E-state index < -0.39 is 0 Å². The first-order chi connectivity index (χ1) is 16.6. The molecule has 2 aromatic carbocycles. The molecule has 0 bridgehead atoms. The molecule has 1 fully saturated rings. The number of anilines is 1. The van der Waals surface area contributed by atoms with Gasteiger partial charge < -0.3 is 15.5 Å². The number of amides is 3. The molecule has 2 N–H and O–H groups in total. The molecule has 34 heavy (non-hydrogen) atoms. The highest BCUT2D eigenvalue weighted by molar-refractivity contribution is 6.04. The number of para-hydroxylation sites is 1. The van der Waals surface area contributed by atoms with E-state index in [1.54, 1.807) is 29.2 Å². The minimum absolute atomic E-state index is 0.160. The van der Waals surface area contributed by atoms with Crippen LogP contribution in [0.25, 0.3) is 0 Å². The van der Waals surface area contributed by atoms with Gasteiger partial charge in [-0.25, -0.2) is 4.98 Å². The maximum absolute atomic E-state index is 12.7. The lowest BCUT2D eigenvalue weighted by Crippen LogP contribution is -2.50. The number of piperazine rings is 1. The Morgan fingerprint density at radius 2 is 1.62 bits per heavy atom. The lowest BCUT2D eigenvalue weighted by molar-refractivity contribution is -0.117. The van der Waals surface area contributed by atoms with Crippen molar-refractivity contribution < 1.29 is 14.4 Å². The second-order valence-corrected chi connectivity index (χ2v) is 7.92. The van der Waals surface area contributed by atoms with Crippen LogP contribution < -0.4 is 10.6 Å². The maximum Gasteiger partial charge on any atom is 0.274 e. The quantitative estimate of drug-likeness (QED) is 0.559. The van der Waals surface area contributed by atoms with Gasteiger partial charge in [-0.05, 0) is 17.7 Å².